The van der Waals surface area contributed by atoms with Crippen LogP contribution in [0, 0.1) is 18.7 Å². The Hall–Kier alpha value is -0.930. The van der Waals surface area contributed by atoms with Crippen LogP contribution in [-0.4, -0.2) is 32.1 Å². The maximum absolute atomic E-state index is 13.7. The molecule has 2 atom stereocenters. The van der Waals surface area contributed by atoms with Crippen LogP contribution in [0.15, 0.2) is 18.2 Å². The van der Waals surface area contributed by atoms with Gasteiger partial charge in [-0.1, -0.05) is 12.1 Å². The predicted octanol–water partition coefficient (Wildman–Crippen LogP) is 2.74. The van der Waals surface area contributed by atoms with Crippen molar-refractivity contribution in [2.75, 3.05) is 27.2 Å². The maximum Gasteiger partial charge on any atom is 0.126 e. The predicted molar refractivity (Wildman–Crippen MR) is 73.2 cm³/mol. The molecule has 1 aliphatic heterocycles. The van der Waals surface area contributed by atoms with E-state index in [1.165, 1.54) is 12.8 Å². The summed E-state index contributed by atoms with van der Waals surface area (Å²) in [4.78, 5) is 2.36. The van der Waals surface area contributed by atoms with Gasteiger partial charge >= 0.3 is 0 Å². The molecule has 2 rings (SSSR count). The molecule has 0 aromatic heterocycles. The number of hydrogen-bond donors (Lipinski definition) is 1. The van der Waals surface area contributed by atoms with Crippen molar-refractivity contribution in [1.82, 2.24) is 10.2 Å². The monoisotopic (exact) mass is 250 g/mol. The number of nitrogens with zero attached hydrogens (tertiary/aromatic N) is 1. The van der Waals surface area contributed by atoms with Crippen molar-refractivity contribution in [2.45, 2.75) is 25.8 Å². The van der Waals surface area contributed by atoms with E-state index in [1.807, 2.05) is 20.0 Å². The van der Waals surface area contributed by atoms with E-state index < -0.39 is 0 Å². The van der Waals surface area contributed by atoms with Gasteiger partial charge in [0.05, 0.1) is 0 Å². The second-order valence-electron chi connectivity index (χ2n) is 5.39. The molecule has 0 aliphatic carbocycles. The summed E-state index contributed by atoms with van der Waals surface area (Å²) in [5.74, 6) is 0.477. The molecule has 2 nitrogen and oxygen atoms in total. The summed E-state index contributed by atoms with van der Waals surface area (Å²) in [6, 6.07) is 6.02. The summed E-state index contributed by atoms with van der Waals surface area (Å²) in [6.45, 7) is 3.90. The van der Waals surface area contributed by atoms with Gasteiger partial charge in [0.2, 0.25) is 0 Å². The fourth-order valence-electron chi connectivity index (χ4n) is 3.06. The summed E-state index contributed by atoms with van der Waals surface area (Å²) >= 11 is 0. The molecule has 0 spiro atoms. The number of piperidine rings is 1. The lowest BCUT2D eigenvalue weighted by Crippen LogP contribution is -2.39. The van der Waals surface area contributed by atoms with Crippen LogP contribution in [0.3, 0.4) is 0 Å². The third kappa shape index (κ3) is 2.73. The van der Waals surface area contributed by atoms with E-state index in [4.69, 9.17) is 0 Å². The van der Waals surface area contributed by atoms with E-state index in [2.05, 4.69) is 23.3 Å². The lowest BCUT2D eigenvalue weighted by atomic mass is 9.84. The molecule has 0 amide bonds. The van der Waals surface area contributed by atoms with Crippen molar-refractivity contribution >= 4 is 0 Å². The Labute approximate surface area is 109 Å². The van der Waals surface area contributed by atoms with Gasteiger partial charge in [0.15, 0.2) is 0 Å². The first kappa shape index (κ1) is 13.5. The molecule has 1 saturated heterocycles. The average Bonchev–Trinajstić information content (AvgIpc) is 2.34. The fraction of sp³-hybridized carbons (Fsp3) is 0.600. The van der Waals surface area contributed by atoms with Crippen molar-refractivity contribution < 1.29 is 4.39 Å². The zero-order valence-electron chi connectivity index (χ0n) is 11.5. The van der Waals surface area contributed by atoms with Crippen LogP contribution in [0.2, 0.25) is 0 Å². The SMILES string of the molecule is CNCC1CCCN(C)C1c1ccc(C)c(F)c1. The molecule has 0 radical (unpaired) electrons. The highest BCUT2D eigenvalue weighted by atomic mass is 19.1. The van der Waals surface area contributed by atoms with E-state index in [1.54, 1.807) is 6.07 Å². The number of halogens is 1. The second-order valence-corrected chi connectivity index (χ2v) is 5.39. The molecule has 18 heavy (non-hydrogen) atoms. The summed E-state index contributed by atoms with van der Waals surface area (Å²) in [6.07, 6.45) is 2.44. The van der Waals surface area contributed by atoms with E-state index in [0.717, 1.165) is 24.2 Å². The lowest BCUT2D eigenvalue weighted by molar-refractivity contribution is 0.120. The number of benzene rings is 1. The molecule has 100 valence electrons. The van der Waals surface area contributed by atoms with E-state index in [9.17, 15) is 4.39 Å². The minimum atomic E-state index is -0.0883. The van der Waals surface area contributed by atoms with Gasteiger partial charge in [-0.2, -0.15) is 0 Å². The third-order valence-electron chi connectivity index (χ3n) is 4.01. The maximum atomic E-state index is 13.7. The van der Waals surface area contributed by atoms with Crippen molar-refractivity contribution in [3.8, 4) is 0 Å². The zero-order valence-corrected chi connectivity index (χ0v) is 11.5. The van der Waals surface area contributed by atoms with Crippen molar-refractivity contribution in [3.63, 3.8) is 0 Å². The molecule has 1 heterocycles. The number of nitrogens with one attached hydrogen (secondary N) is 1. The van der Waals surface area contributed by atoms with Crippen LogP contribution in [0.1, 0.15) is 30.0 Å². The lowest BCUT2D eigenvalue weighted by Gasteiger charge is -2.39. The van der Waals surface area contributed by atoms with Gasteiger partial charge in [0.1, 0.15) is 5.82 Å². The first-order valence-electron chi connectivity index (χ1n) is 6.74. The Morgan fingerprint density at radius 1 is 1.44 bits per heavy atom. The summed E-state index contributed by atoms with van der Waals surface area (Å²) in [5.41, 5.74) is 1.84. The average molecular weight is 250 g/mol. The quantitative estimate of drug-likeness (QED) is 0.887. The van der Waals surface area contributed by atoms with Crippen LogP contribution >= 0.6 is 0 Å². The summed E-state index contributed by atoms with van der Waals surface area (Å²) in [5, 5.41) is 3.26. The normalized spacial score (nSPS) is 25.3. The summed E-state index contributed by atoms with van der Waals surface area (Å²) in [7, 11) is 4.13. The van der Waals surface area contributed by atoms with Gasteiger partial charge in [0.25, 0.3) is 0 Å². The van der Waals surface area contributed by atoms with E-state index in [0.29, 0.717) is 12.0 Å². The highest BCUT2D eigenvalue weighted by Gasteiger charge is 2.30. The minimum absolute atomic E-state index is 0.0883. The molecule has 2 unspecified atom stereocenters. The van der Waals surface area contributed by atoms with Gasteiger partial charge < -0.3 is 5.32 Å². The molecule has 0 bridgehead atoms. The molecule has 1 aromatic rings. The smallest absolute Gasteiger partial charge is 0.126 e. The second kappa shape index (κ2) is 5.81. The molecule has 1 N–H and O–H groups in total. The Morgan fingerprint density at radius 2 is 2.22 bits per heavy atom. The molecule has 0 saturated carbocycles. The molecule has 1 aromatic carbocycles. The van der Waals surface area contributed by atoms with Gasteiger partial charge in [-0.25, -0.2) is 4.39 Å². The van der Waals surface area contributed by atoms with Gasteiger partial charge in [-0.3, -0.25) is 4.90 Å². The van der Waals surface area contributed by atoms with Gasteiger partial charge in [0, 0.05) is 6.04 Å². The number of likely N-dealkylation sites (tertiary alicyclic amines) is 1. The topological polar surface area (TPSA) is 15.3 Å². The van der Waals surface area contributed by atoms with Crippen LogP contribution in [-0.2, 0) is 0 Å². The molecule has 1 aliphatic rings. The number of rotatable bonds is 3. The standard InChI is InChI=1S/C15H23FN2/c1-11-6-7-12(9-14(11)16)15-13(10-17-2)5-4-8-18(15)3/h6-7,9,13,15,17H,4-5,8,10H2,1-3H3. The highest BCUT2D eigenvalue weighted by molar-refractivity contribution is 5.26. The first-order chi connectivity index (χ1) is 8.63. The van der Waals surface area contributed by atoms with Crippen molar-refractivity contribution in [2.24, 2.45) is 5.92 Å². The number of aryl methyl sites for hydroxylation is 1. The fourth-order valence-corrected chi connectivity index (χ4v) is 3.06. The molecular formula is C15H23FN2. The van der Waals surface area contributed by atoms with Crippen LogP contribution in [0.5, 0.6) is 0 Å². The van der Waals surface area contributed by atoms with Crippen LogP contribution in [0.25, 0.3) is 0 Å². The Kier molecular flexibility index (Phi) is 4.36. The molecule has 1 fully saturated rings. The molecule has 3 heteroatoms. The van der Waals surface area contributed by atoms with Crippen molar-refractivity contribution in [3.05, 3.63) is 35.1 Å². The van der Waals surface area contributed by atoms with Gasteiger partial charge in [-0.15, -0.1) is 0 Å². The van der Waals surface area contributed by atoms with E-state index >= 15 is 0 Å². The zero-order chi connectivity index (χ0) is 13.1. The molecular weight excluding hydrogens is 227 g/mol. The minimum Gasteiger partial charge on any atom is -0.319 e. The summed E-state index contributed by atoms with van der Waals surface area (Å²) < 4.78 is 13.7. The van der Waals surface area contributed by atoms with Crippen LogP contribution < -0.4 is 5.32 Å². The first-order valence-corrected chi connectivity index (χ1v) is 6.74. The Morgan fingerprint density at radius 3 is 2.89 bits per heavy atom. The number of hydrogen-bond acceptors (Lipinski definition) is 2. The third-order valence-corrected chi connectivity index (χ3v) is 4.01. The highest BCUT2D eigenvalue weighted by Crippen LogP contribution is 2.35. The van der Waals surface area contributed by atoms with E-state index in [-0.39, 0.29) is 5.82 Å². The Balaban J connectivity index is 2.28. The van der Waals surface area contributed by atoms with Crippen LogP contribution in [0.4, 0.5) is 4.39 Å². The Bertz CT molecular complexity index is 403. The van der Waals surface area contributed by atoms with Gasteiger partial charge in [-0.05, 0) is 70.1 Å². The largest absolute Gasteiger partial charge is 0.319 e. The van der Waals surface area contributed by atoms with Crippen molar-refractivity contribution in [1.29, 1.82) is 0 Å².